The first-order valence-electron chi connectivity index (χ1n) is 9.40. The fraction of sp³-hybridized carbons (Fsp3) is 0.190. The molecule has 0 atom stereocenters. The Balaban J connectivity index is 1.53. The first-order chi connectivity index (χ1) is 15.0. The standard InChI is InChI=1S/C21H19N5O3S2/c1-13-7-8-14(9-18(13)26(28)29)16-11-31-21(23-16)24-20(27)10-25-17-6-4-3-5-15(17)22-19(25)12-30-2/h3-9,11H,10,12H2,1-2H3,(H,23,24,27). The summed E-state index contributed by atoms with van der Waals surface area (Å²) < 4.78 is 1.92. The van der Waals surface area contributed by atoms with Crippen LogP contribution in [0, 0.1) is 17.0 Å². The lowest BCUT2D eigenvalue weighted by atomic mass is 10.1. The van der Waals surface area contributed by atoms with Gasteiger partial charge in [-0.1, -0.05) is 24.3 Å². The van der Waals surface area contributed by atoms with Gasteiger partial charge < -0.3 is 9.88 Å². The number of nitrogens with one attached hydrogen (secondary N) is 1. The first kappa shape index (κ1) is 21.0. The van der Waals surface area contributed by atoms with E-state index in [2.05, 4.69) is 15.3 Å². The molecular formula is C21H19N5O3S2. The van der Waals surface area contributed by atoms with Crippen LogP contribution in [0.25, 0.3) is 22.3 Å². The van der Waals surface area contributed by atoms with E-state index in [-0.39, 0.29) is 18.1 Å². The molecule has 0 saturated heterocycles. The summed E-state index contributed by atoms with van der Waals surface area (Å²) in [6.45, 7) is 1.82. The highest BCUT2D eigenvalue weighted by Crippen LogP contribution is 2.29. The van der Waals surface area contributed by atoms with Gasteiger partial charge in [-0.2, -0.15) is 11.8 Å². The molecule has 0 aliphatic heterocycles. The van der Waals surface area contributed by atoms with Crippen LogP contribution in [0.5, 0.6) is 0 Å². The van der Waals surface area contributed by atoms with Crippen molar-refractivity contribution in [3.63, 3.8) is 0 Å². The minimum atomic E-state index is -0.407. The summed E-state index contributed by atoms with van der Waals surface area (Å²) >= 11 is 2.93. The number of hydrogen-bond acceptors (Lipinski definition) is 7. The molecule has 0 aliphatic rings. The number of thioether (sulfide) groups is 1. The number of hydrogen-bond donors (Lipinski definition) is 1. The smallest absolute Gasteiger partial charge is 0.272 e. The van der Waals surface area contributed by atoms with E-state index in [1.807, 2.05) is 35.1 Å². The van der Waals surface area contributed by atoms with Gasteiger partial charge in [-0.3, -0.25) is 14.9 Å². The van der Waals surface area contributed by atoms with Crippen LogP contribution in [0.15, 0.2) is 47.8 Å². The number of nitrogens with zero attached hydrogens (tertiary/aromatic N) is 4. The third-order valence-corrected chi connectivity index (χ3v) is 6.07. The van der Waals surface area contributed by atoms with E-state index in [0.717, 1.165) is 16.9 Å². The van der Waals surface area contributed by atoms with Crippen molar-refractivity contribution in [1.82, 2.24) is 14.5 Å². The van der Waals surface area contributed by atoms with Crippen LogP contribution in [0.1, 0.15) is 11.4 Å². The van der Waals surface area contributed by atoms with Gasteiger partial charge in [0, 0.05) is 22.6 Å². The highest BCUT2D eigenvalue weighted by Gasteiger charge is 2.16. The summed E-state index contributed by atoms with van der Waals surface area (Å²) in [5.74, 6) is 1.34. The molecule has 1 amide bonds. The molecule has 0 spiro atoms. The molecule has 10 heteroatoms. The zero-order valence-corrected chi connectivity index (χ0v) is 18.5. The van der Waals surface area contributed by atoms with E-state index in [4.69, 9.17) is 0 Å². The largest absolute Gasteiger partial charge is 0.318 e. The molecule has 0 bridgehead atoms. The molecule has 0 unspecified atom stereocenters. The lowest BCUT2D eigenvalue weighted by molar-refractivity contribution is -0.385. The average Bonchev–Trinajstić information content (AvgIpc) is 3.33. The molecule has 0 saturated carbocycles. The Labute approximate surface area is 186 Å². The second kappa shape index (κ2) is 8.86. The Bertz CT molecular complexity index is 1280. The van der Waals surface area contributed by atoms with E-state index in [1.165, 1.54) is 17.4 Å². The number of aryl methyl sites for hydroxylation is 1. The number of thiazole rings is 1. The van der Waals surface area contributed by atoms with Crippen LogP contribution in [-0.2, 0) is 17.1 Å². The second-order valence-electron chi connectivity index (χ2n) is 6.88. The summed E-state index contributed by atoms with van der Waals surface area (Å²) in [7, 11) is 0. The van der Waals surface area contributed by atoms with Crippen LogP contribution in [0.3, 0.4) is 0 Å². The van der Waals surface area contributed by atoms with E-state index < -0.39 is 4.92 Å². The SMILES string of the molecule is CSCc1nc2ccccc2n1CC(=O)Nc1nc(-c2ccc(C)c([N+](=O)[O-])c2)cs1. The van der Waals surface area contributed by atoms with Crippen LogP contribution in [-0.4, -0.2) is 31.6 Å². The minimum absolute atomic E-state index is 0.0457. The number of anilines is 1. The Hall–Kier alpha value is -3.24. The summed E-state index contributed by atoms with van der Waals surface area (Å²) in [5.41, 5.74) is 3.62. The Morgan fingerprint density at radius 2 is 2.06 bits per heavy atom. The van der Waals surface area contributed by atoms with Crippen LogP contribution >= 0.6 is 23.1 Å². The average molecular weight is 454 g/mol. The van der Waals surface area contributed by atoms with Crippen LogP contribution in [0.2, 0.25) is 0 Å². The predicted molar refractivity (Wildman–Crippen MR) is 125 cm³/mol. The molecule has 4 rings (SSSR count). The summed E-state index contributed by atoms with van der Waals surface area (Å²) in [6, 6.07) is 12.7. The van der Waals surface area contributed by atoms with Crippen molar-refractivity contribution < 1.29 is 9.72 Å². The first-order valence-corrected chi connectivity index (χ1v) is 11.7. The molecule has 4 aromatic rings. The molecule has 31 heavy (non-hydrogen) atoms. The molecule has 1 N–H and O–H groups in total. The van der Waals surface area contributed by atoms with Crippen molar-refractivity contribution in [3.8, 4) is 11.3 Å². The van der Waals surface area contributed by atoms with Gasteiger partial charge in [0.2, 0.25) is 5.91 Å². The topological polar surface area (TPSA) is 103 Å². The van der Waals surface area contributed by atoms with E-state index in [9.17, 15) is 14.9 Å². The fourth-order valence-electron chi connectivity index (χ4n) is 3.27. The van der Waals surface area contributed by atoms with Gasteiger partial charge in [0.15, 0.2) is 5.13 Å². The number of carbonyl (C=O) groups is 1. The number of nitro groups is 1. The van der Waals surface area contributed by atoms with Crippen molar-refractivity contribution in [2.45, 2.75) is 19.2 Å². The van der Waals surface area contributed by atoms with Crippen molar-refractivity contribution in [1.29, 1.82) is 0 Å². The summed E-state index contributed by atoms with van der Waals surface area (Å²) in [4.78, 5) is 32.6. The molecule has 2 aromatic heterocycles. The number of nitro benzene ring substituents is 1. The van der Waals surface area contributed by atoms with Gasteiger partial charge in [-0.15, -0.1) is 11.3 Å². The highest BCUT2D eigenvalue weighted by molar-refractivity contribution is 7.97. The van der Waals surface area contributed by atoms with E-state index >= 15 is 0 Å². The zero-order chi connectivity index (χ0) is 22.0. The van der Waals surface area contributed by atoms with Crippen molar-refractivity contribution >= 4 is 50.9 Å². The zero-order valence-electron chi connectivity index (χ0n) is 16.9. The van der Waals surface area contributed by atoms with Gasteiger partial charge in [-0.25, -0.2) is 9.97 Å². The number of rotatable bonds is 7. The molecule has 8 nitrogen and oxygen atoms in total. The number of amides is 1. The quantitative estimate of drug-likeness (QED) is 0.316. The number of imidazole rings is 1. The monoisotopic (exact) mass is 453 g/mol. The van der Waals surface area contributed by atoms with Gasteiger partial charge in [-0.05, 0) is 25.3 Å². The molecule has 158 valence electrons. The summed E-state index contributed by atoms with van der Waals surface area (Å²) in [6.07, 6.45) is 2.00. The lowest BCUT2D eigenvalue weighted by Gasteiger charge is -2.08. The van der Waals surface area contributed by atoms with E-state index in [0.29, 0.717) is 27.7 Å². The lowest BCUT2D eigenvalue weighted by Crippen LogP contribution is -2.20. The van der Waals surface area contributed by atoms with Crippen LogP contribution in [0.4, 0.5) is 10.8 Å². The third kappa shape index (κ3) is 4.44. The van der Waals surface area contributed by atoms with Crippen molar-refractivity contribution in [2.75, 3.05) is 11.6 Å². The maximum atomic E-state index is 12.7. The second-order valence-corrected chi connectivity index (χ2v) is 8.60. The van der Waals surface area contributed by atoms with Crippen LogP contribution < -0.4 is 5.32 Å². The third-order valence-electron chi connectivity index (χ3n) is 4.76. The number of para-hydroxylation sites is 2. The predicted octanol–water partition coefficient (Wildman–Crippen LogP) is 4.88. The Morgan fingerprint density at radius 3 is 2.84 bits per heavy atom. The van der Waals surface area contributed by atoms with Gasteiger partial charge >= 0.3 is 0 Å². The molecule has 2 heterocycles. The van der Waals surface area contributed by atoms with Crippen molar-refractivity contribution in [2.24, 2.45) is 0 Å². The Morgan fingerprint density at radius 1 is 1.26 bits per heavy atom. The van der Waals surface area contributed by atoms with E-state index in [1.54, 1.807) is 36.2 Å². The number of benzene rings is 2. The molecule has 0 aliphatic carbocycles. The molecule has 0 fully saturated rings. The minimum Gasteiger partial charge on any atom is -0.318 e. The molecule has 2 aromatic carbocycles. The molecule has 0 radical (unpaired) electrons. The molecular weight excluding hydrogens is 434 g/mol. The van der Waals surface area contributed by atoms with Gasteiger partial charge in [0.05, 0.1) is 27.4 Å². The van der Waals surface area contributed by atoms with Crippen molar-refractivity contribution in [3.05, 3.63) is 69.3 Å². The number of fused-ring (bicyclic) bond motifs is 1. The number of aromatic nitrogens is 3. The Kier molecular flexibility index (Phi) is 6.01. The van der Waals surface area contributed by atoms with Gasteiger partial charge in [0.25, 0.3) is 5.69 Å². The highest BCUT2D eigenvalue weighted by atomic mass is 32.2. The normalized spacial score (nSPS) is 11.0. The van der Waals surface area contributed by atoms with Gasteiger partial charge in [0.1, 0.15) is 12.4 Å². The number of carbonyl (C=O) groups excluding carboxylic acids is 1. The maximum Gasteiger partial charge on any atom is 0.272 e. The summed E-state index contributed by atoms with van der Waals surface area (Å²) in [5, 5.41) is 16.2. The fourth-order valence-corrected chi connectivity index (χ4v) is 4.49. The maximum absolute atomic E-state index is 12.7.